The van der Waals surface area contributed by atoms with Crippen molar-refractivity contribution in [1.82, 2.24) is 9.78 Å². The third-order valence-corrected chi connectivity index (χ3v) is 4.29. The summed E-state index contributed by atoms with van der Waals surface area (Å²) in [6, 6.07) is 23.7. The molecule has 122 valence electrons. The molecular formula is C21H17N3O. The van der Waals surface area contributed by atoms with Gasteiger partial charge in [0.25, 0.3) is 5.91 Å². The number of para-hydroxylation sites is 1. The largest absolute Gasteiger partial charge is 0.321 e. The van der Waals surface area contributed by atoms with E-state index in [1.807, 2.05) is 79.7 Å². The van der Waals surface area contributed by atoms with E-state index in [1.54, 1.807) is 10.9 Å². The molecule has 1 heterocycles. The molecule has 4 aromatic rings. The van der Waals surface area contributed by atoms with Gasteiger partial charge in [-0.05, 0) is 30.5 Å². The Morgan fingerprint density at radius 3 is 2.48 bits per heavy atom. The Morgan fingerprint density at radius 1 is 0.920 bits per heavy atom. The normalized spacial score (nSPS) is 10.8. The van der Waals surface area contributed by atoms with E-state index in [9.17, 15) is 4.79 Å². The number of benzene rings is 3. The lowest BCUT2D eigenvalue weighted by Gasteiger charge is -2.09. The van der Waals surface area contributed by atoms with Gasteiger partial charge in [0.1, 0.15) is 0 Å². The van der Waals surface area contributed by atoms with Crippen LogP contribution in [0, 0.1) is 6.92 Å². The average molecular weight is 327 g/mol. The Morgan fingerprint density at radius 2 is 1.64 bits per heavy atom. The van der Waals surface area contributed by atoms with Crippen LogP contribution in [0.2, 0.25) is 0 Å². The van der Waals surface area contributed by atoms with E-state index < -0.39 is 0 Å². The molecule has 0 saturated heterocycles. The van der Waals surface area contributed by atoms with Gasteiger partial charge in [-0.2, -0.15) is 5.10 Å². The van der Waals surface area contributed by atoms with Crippen molar-refractivity contribution < 1.29 is 4.79 Å². The molecule has 0 bridgehead atoms. The monoisotopic (exact) mass is 327 g/mol. The summed E-state index contributed by atoms with van der Waals surface area (Å²) in [4.78, 5) is 12.8. The Kier molecular flexibility index (Phi) is 3.78. The molecule has 0 aliphatic heterocycles. The van der Waals surface area contributed by atoms with Crippen LogP contribution in [0.5, 0.6) is 0 Å². The Bertz CT molecular complexity index is 1050. The van der Waals surface area contributed by atoms with E-state index in [0.29, 0.717) is 5.56 Å². The Hall–Kier alpha value is -3.40. The van der Waals surface area contributed by atoms with Crippen LogP contribution >= 0.6 is 0 Å². The number of hydrogen-bond acceptors (Lipinski definition) is 2. The molecule has 0 radical (unpaired) electrons. The molecule has 1 aromatic heterocycles. The smallest absolute Gasteiger partial charge is 0.259 e. The highest BCUT2D eigenvalue weighted by Crippen LogP contribution is 2.24. The maximum atomic E-state index is 12.8. The fourth-order valence-corrected chi connectivity index (χ4v) is 2.99. The second-order valence-corrected chi connectivity index (χ2v) is 5.87. The molecule has 0 aliphatic rings. The first-order valence-electron chi connectivity index (χ1n) is 8.13. The number of anilines is 1. The summed E-state index contributed by atoms with van der Waals surface area (Å²) in [7, 11) is 0. The molecule has 4 rings (SSSR count). The van der Waals surface area contributed by atoms with E-state index in [-0.39, 0.29) is 5.91 Å². The lowest BCUT2D eigenvalue weighted by molar-refractivity contribution is 0.102. The quantitative estimate of drug-likeness (QED) is 0.598. The van der Waals surface area contributed by atoms with Gasteiger partial charge in [0.05, 0.1) is 23.1 Å². The number of aromatic nitrogens is 2. The maximum Gasteiger partial charge on any atom is 0.259 e. The minimum atomic E-state index is -0.156. The molecule has 0 fully saturated rings. The summed E-state index contributed by atoms with van der Waals surface area (Å²) in [5, 5.41) is 9.50. The molecule has 0 aliphatic carbocycles. The lowest BCUT2D eigenvalue weighted by Crippen LogP contribution is -2.13. The van der Waals surface area contributed by atoms with Crippen molar-refractivity contribution in [3.63, 3.8) is 0 Å². The maximum absolute atomic E-state index is 12.8. The van der Waals surface area contributed by atoms with Crippen LogP contribution < -0.4 is 5.32 Å². The van der Waals surface area contributed by atoms with Crippen LogP contribution in [-0.4, -0.2) is 15.7 Å². The molecule has 0 atom stereocenters. The predicted octanol–water partition coefficient (Wildman–Crippen LogP) is 4.59. The molecule has 0 spiro atoms. The average Bonchev–Trinajstić information content (AvgIpc) is 3.04. The van der Waals surface area contributed by atoms with Crippen LogP contribution in [0.3, 0.4) is 0 Å². The summed E-state index contributed by atoms with van der Waals surface area (Å²) in [5.74, 6) is -0.156. The third-order valence-electron chi connectivity index (χ3n) is 4.29. The highest BCUT2D eigenvalue weighted by molar-refractivity contribution is 6.09. The zero-order valence-electron chi connectivity index (χ0n) is 13.8. The zero-order valence-corrected chi connectivity index (χ0v) is 13.8. The molecule has 25 heavy (non-hydrogen) atoms. The van der Waals surface area contributed by atoms with Crippen LogP contribution in [0.15, 0.2) is 79.0 Å². The van der Waals surface area contributed by atoms with Gasteiger partial charge >= 0.3 is 0 Å². The summed E-state index contributed by atoms with van der Waals surface area (Å²) in [6.45, 7) is 1.90. The van der Waals surface area contributed by atoms with Crippen molar-refractivity contribution in [1.29, 1.82) is 0 Å². The summed E-state index contributed by atoms with van der Waals surface area (Å²) in [6.07, 6.45) is 1.61. The molecule has 4 heteroatoms. The van der Waals surface area contributed by atoms with E-state index in [2.05, 4.69) is 10.4 Å². The number of rotatable bonds is 3. The SMILES string of the molecule is Cc1c(C(=O)Nc2cccc3ccccc23)cnn1-c1ccccc1. The van der Waals surface area contributed by atoms with Crippen molar-refractivity contribution in [2.75, 3.05) is 5.32 Å². The van der Waals surface area contributed by atoms with Gasteiger partial charge in [-0.3, -0.25) is 4.79 Å². The molecule has 0 saturated carbocycles. The van der Waals surface area contributed by atoms with E-state index >= 15 is 0 Å². The Balaban J connectivity index is 1.67. The van der Waals surface area contributed by atoms with Gasteiger partial charge < -0.3 is 5.32 Å². The van der Waals surface area contributed by atoms with Crippen LogP contribution in [0.1, 0.15) is 16.1 Å². The van der Waals surface area contributed by atoms with Crippen LogP contribution in [-0.2, 0) is 0 Å². The number of carbonyl (C=O) groups is 1. The van der Waals surface area contributed by atoms with E-state index in [4.69, 9.17) is 0 Å². The van der Waals surface area contributed by atoms with Crippen molar-refractivity contribution in [3.8, 4) is 5.69 Å². The highest BCUT2D eigenvalue weighted by atomic mass is 16.1. The number of carbonyl (C=O) groups excluding carboxylic acids is 1. The first-order chi connectivity index (χ1) is 12.2. The van der Waals surface area contributed by atoms with Crippen molar-refractivity contribution in [2.24, 2.45) is 0 Å². The summed E-state index contributed by atoms with van der Waals surface area (Å²) >= 11 is 0. The predicted molar refractivity (Wildman–Crippen MR) is 100 cm³/mol. The van der Waals surface area contributed by atoms with Crippen molar-refractivity contribution in [3.05, 3.63) is 90.3 Å². The first kappa shape index (κ1) is 15.1. The molecule has 1 amide bonds. The molecule has 0 unspecified atom stereocenters. The third kappa shape index (κ3) is 2.78. The van der Waals surface area contributed by atoms with Gasteiger partial charge in [0.15, 0.2) is 0 Å². The number of nitrogens with zero attached hydrogens (tertiary/aromatic N) is 2. The topological polar surface area (TPSA) is 46.9 Å². The van der Waals surface area contributed by atoms with Crippen LogP contribution in [0.4, 0.5) is 5.69 Å². The first-order valence-corrected chi connectivity index (χ1v) is 8.13. The van der Waals surface area contributed by atoms with Gasteiger partial charge in [0.2, 0.25) is 0 Å². The van der Waals surface area contributed by atoms with Crippen LogP contribution in [0.25, 0.3) is 16.5 Å². The number of fused-ring (bicyclic) bond motifs is 1. The number of amides is 1. The van der Waals surface area contributed by atoms with Gasteiger partial charge in [-0.15, -0.1) is 0 Å². The molecule has 4 nitrogen and oxygen atoms in total. The van der Waals surface area contributed by atoms with Crippen molar-refractivity contribution >= 4 is 22.4 Å². The van der Waals surface area contributed by atoms with E-state index in [1.165, 1.54) is 0 Å². The summed E-state index contributed by atoms with van der Waals surface area (Å²) < 4.78 is 1.78. The van der Waals surface area contributed by atoms with Gasteiger partial charge in [0, 0.05) is 11.1 Å². The minimum absolute atomic E-state index is 0.156. The van der Waals surface area contributed by atoms with E-state index in [0.717, 1.165) is 27.8 Å². The molecule has 3 aromatic carbocycles. The summed E-state index contributed by atoms with van der Waals surface area (Å²) in [5.41, 5.74) is 3.11. The minimum Gasteiger partial charge on any atom is -0.321 e. The fourth-order valence-electron chi connectivity index (χ4n) is 2.99. The van der Waals surface area contributed by atoms with Gasteiger partial charge in [-0.1, -0.05) is 54.6 Å². The molecule has 1 N–H and O–H groups in total. The number of nitrogens with one attached hydrogen (secondary N) is 1. The number of hydrogen-bond donors (Lipinski definition) is 1. The van der Waals surface area contributed by atoms with Gasteiger partial charge in [-0.25, -0.2) is 4.68 Å². The zero-order chi connectivity index (χ0) is 17.2. The fraction of sp³-hybridized carbons (Fsp3) is 0.0476. The second kappa shape index (κ2) is 6.24. The Labute approximate surface area is 145 Å². The molecular weight excluding hydrogens is 310 g/mol. The standard InChI is InChI=1S/C21H17N3O/c1-15-19(14-22-24(15)17-10-3-2-4-11-17)21(25)23-20-13-7-9-16-8-5-6-12-18(16)20/h2-14H,1H3,(H,23,25). The van der Waals surface area contributed by atoms with Crippen molar-refractivity contribution in [2.45, 2.75) is 6.92 Å². The lowest BCUT2D eigenvalue weighted by atomic mass is 10.1. The second-order valence-electron chi connectivity index (χ2n) is 5.87. The highest BCUT2D eigenvalue weighted by Gasteiger charge is 2.16.